The fourth-order valence-electron chi connectivity index (χ4n) is 1.86. The van der Waals surface area contributed by atoms with Gasteiger partial charge in [0.2, 0.25) is 5.91 Å². The van der Waals surface area contributed by atoms with Crippen LogP contribution < -0.4 is 11.5 Å². The largest absolute Gasteiger partial charge is 0.368 e. The smallest absolute Gasteiger partial charge is 0.237 e. The summed E-state index contributed by atoms with van der Waals surface area (Å²) in [7, 11) is 0. The molecule has 16 heavy (non-hydrogen) atoms. The van der Waals surface area contributed by atoms with E-state index in [9.17, 15) is 4.79 Å². The van der Waals surface area contributed by atoms with Crippen molar-refractivity contribution in [3.63, 3.8) is 0 Å². The first-order valence-corrected chi connectivity index (χ1v) is 5.42. The van der Waals surface area contributed by atoms with Crippen molar-refractivity contribution in [2.45, 2.75) is 32.2 Å². The molecule has 0 aliphatic rings. The number of nitrogens with two attached hydrogens (primary N) is 2. The number of pyridine rings is 1. The molecule has 1 heterocycles. The van der Waals surface area contributed by atoms with Crippen molar-refractivity contribution in [1.29, 1.82) is 0 Å². The van der Waals surface area contributed by atoms with Crippen LogP contribution in [0.5, 0.6) is 0 Å². The van der Waals surface area contributed by atoms with E-state index in [2.05, 4.69) is 4.98 Å². The van der Waals surface area contributed by atoms with Crippen molar-refractivity contribution in [3.05, 3.63) is 30.1 Å². The first-order chi connectivity index (χ1) is 7.44. The fourth-order valence-corrected chi connectivity index (χ4v) is 1.86. The molecule has 0 saturated carbocycles. The minimum absolute atomic E-state index is 0.328. The van der Waals surface area contributed by atoms with Gasteiger partial charge in [0.15, 0.2) is 0 Å². The van der Waals surface area contributed by atoms with Gasteiger partial charge in [-0.05, 0) is 24.0 Å². The average Bonchev–Trinajstić information content (AvgIpc) is 2.17. The zero-order chi connectivity index (χ0) is 12.2. The average molecular weight is 221 g/mol. The van der Waals surface area contributed by atoms with Gasteiger partial charge in [0.1, 0.15) is 0 Å². The molecular weight excluding hydrogens is 202 g/mol. The summed E-state index contributed by atoms with van der Waals surface area (Å²) in [5.41, 5.74) is 11.4. The Bertz CT molecular complexity index is 351. The summed E-state index contributed by atoms with van der Waals surface area (Å²) in [4.78, 5) is 15.4. The molecule has 1 rings (SSSR count). The van der Waals surface area contributed by atoms with E-state index < -0.39 is 11.4 Å². The lowest BCUT2D eigenvalue weighted by molar-refractivity contribution is -0.123. The maximum atomic E-state index is 11.4. The number of amides is 1. The van der Waals surface area contributed by atoms with Gasteiger partial charge in [-0.25, -0.2) is 0 Å². The van der Waals surface area contributed by atoms with Gasteiger partial charge in [-0.15, -0.1) is 0 Å². The Balaban J connectivity index is 2.83. The van der Waals surface area contributed by atoms with Crippen LogP contribution in [0, 0.1) is 5.92 Å². The molecule has 1 amide bonds. The Morgan fingerprint density at radius 2 is 2.25 bits per heavy atom. The van der Waals surface area contributed by atoms with Crippen molar-refractivity contribution in [3.8, 4) is 0 Å². The summed E-state index contributed by atoms with van der Waals surface area (Å²) in [5, 5.41) is 0. The highest BCUT2D eigenvalue weighted by Crippen LogP contribution is 2.19. The third kappa shape index (κ3) is 3.31. The second-order valence-electron chi connectivity index (χ2n) is 4.66. The van der Waals surface area contributed by atoms with Crippen LogP contribution in [0.4, 0.5) is 0 Å². The second kappa shape index (κ2) is 5.07. The van der Waals surface area contributed by atoms with Gasteiger partial charge in [-0.3, -0.25) is 9.78 Å². The predicted molar refractivity (Wildman–Crippen MR) is 63.5 cm³/mol. The maximum absolute atomic E-state index is 11.4. The quantitative estimate of drug-likeness (QED) is 0.773. The number of rotatable bonds is 5. The van der Waals surface area contributed by atoms with Crippen molar-refractivity contribution >= 4 is 5.91 Å². The molecule has 1 aromatic rings. The number of hydrogen-bond acceptors (Lipinski definition) is 3. The van der Waals surface area contributed by atoms with E-state index in [1.165, 1.54) is 0 Å². The minimum atomic E-state index is -0.975. The molecule has 0 radical (unpaired) electrons. The number of aromatic nitrogens is 1. The fraction of sp³-hybridized carbons (Fsp3) is 0.500. The number of hydrogen-bond donors (Lipinski definition) is 2. The molecule has 0 aliphatic carbocycles. The molecule has 1 atom stereocenters. The van der Waals surface area contributed by atoms with E-state index in [1.807, 2.05) is 26.0 Å². The van der Waals surface area contributed by atoms with Crippen LogP contribution in [-0.2, 0) is 11.2 Å². The van der Waals surface area contributed by atoms with E-state index >= 15 is 0 Å². The maximum Gasteiger partial charge on any atom is 0.237 e. The van der Waals surface area contributed by atoms with Gasteiger partial charge >= 0.3 is 0 Å². The third-order valence-corrected chi connectivity index (χ3v) is 2.51. The predicted octanol–water partition coefficient (Wildman–Crippen LogP) is 0.853. The monoisotopic (exact) mass is 221 g/mol. The molecule has 0 bridgehead atoms. The first-order valence-electron chi connectivity index (χ1n) is 5.42. The zero-order valence-electron chi connectivity index (χ0n) is 9.81. The van der Waals surface area contributed by atoms with Crippen LogP contribution in [0.3, 0.4) is 0 Å². The molecule has 0 aliphatic heterocycles. The highest BCUT2D eigenvalue weighted by molar-refractivity contribution is 5.84. The molecule has 0 aromatic carbocycles. The Morgan fingerprint density at radius 1 is 1.56 bits per heavy atom. The Kier molecular flexibility index (Phi) is 4.01. The van der Waals surface area contributed by atoms with Gasteiger partial charge in [-0.2, -0.15) is 0 Å². The normalized spacial score (nSPS) is 14.8. The first kappa shape index (κ1) is 12.6. The van der Waals surface area contributed by atoms with Gasteiger partial charge < -0.3 is 11.5 Å². The molecular formula is C12H19N3O. The van der Waals surface area contributed by atoms with Crippen molar-refractivity contribution in [2.75, 3.05) is 0 Å². The van der Waals surface area contributed by atoms with Crippen LogP contribution in [0.1, 0.15) is 25.8 Å². The summed E-state index contributed by atoms with van der Waals surface area (Å²) in [6.45, 7) is 4.04. The number of carbonyl (C=O) groups excluding carboxylic acids is 1. The highest BCUT2D eigenvalue weighted by Gasteiger charge is 2.32. The van der Waals surface area contributed by atoms with Gasteiger partial charge in [0, 0.05) is 18.8 Å². The lowest BCUT2D eigenvalue weighted by Crippen LogP contribution is -2.54. The van der Waals surface area contributed by atoms with Crippen molar-refractivity contribution in [1.82, 2.24) is 4.98 Å². The number of primary amides is 1. The van der Waals surface area contributed by atoms with E-state index in [0.29, 0.717) is 18.8 Å². The van der Waals surface area contributed by atoms with Crippen LogP contribution in [-0.4, -0.2) is 16.4 Å². The molecule has 4 N–H and O–H groups in total. The van der Waals surface area contributed by atoms with Crippen molar-refractivity contribution in [2.24, 2.45) is 17.4 Å². The second-order valence-corrected chi connectivity index (χ2v) is 4.66. The Morgan fingerprint density at radius 3 is 2.69 bits per heavy atom. The molecule has 0 saturated heterocycles. The highest BCUT2D eigenvalue weighted by atomic mass is 16.1. The summed E-state index contributed by atoms with van der Waals surface area (Å²) in [5.74, 6) is -0.126. The minimum Gasteiger partial charge on any atom is -0.368 e. The van der Waals surface area contributed by atoms with Gasteiger partial charge in [0.05, 0.1) is 5.54 Å². The molecule has 4 heteroatoms. The Hall–Kier alpha value is -1.42. The number of carbonyl (C=O) groups is 1. The SMILES string of the molecule is CC(C)C[C@](N)(Cc1cccnc1)C(N)=O. The van der Waals surface area contributed by atoms with E-state index in [-0.39, 0.29) is 0 Å². The van der Waals surface area contributed by atoms with Crippen LogP contribution >= 0.6 is 0 Å². The standard InChI is InChI=1S/C12H19N3O/c1-9(2)6-12(14,11(13)16)7-10-4-3-5-15-8-10/h3-5,8-9H,6-7,14H2,1-2H3,(H2,13,16)/t12-/m0/s1. The Labute approximate surface area is 96.0 Å². The molecule has 88 valence electrons. The number of nitrogens with zero attached hydrogens (tertiary/aromatic N) is 1. The molecule has 0 spiro atoms. The van der Waals surface area contributed by atoms with Gasteiger partial charge in [0.25, 0.3) is 0 Å². The lowest BCUT2D eigenvalue weighted by atomic mass is 9.84. The summed E-state index contributed by atoms with van der Waals surface area (Å²) in [6.07, 6.45) is 4.42. The molecule has 1 aromatic heterocycles. The third-order valence-electron chi connectivity index (χ3n) is 2.51. The van der Waals surface area contributed by atoms with E-state index in [1.54, 1.807) is 12.4 Å². The topological polar surface area (TPSA) is 82.0 Å². The molecule has 0 unspecified atom stereocenters. The van der Waals surface area contributed by atoms with E-state index in [0.717, 1.165) is 5.56 Å². The van der Waals surface area contributed by atoms with Crippen LogP contribution in [0.25, 0.3) is 0 Å². The van der Waals surface area contributed by atoms with E-state index in [4.69, 9.17) is 11.5 Å². The van der Waals surface area contributed by atoms with Crippen molar-refractivity contribution < 1.29 is 4.79 Å². The molecule has 0 fully saturated rings. The summed E-state index contributed by atoms with van der Waals surface area (Å²) >= 11 is 0. The molecule has 4 nitrogen and oxygen atoms in total. The lowest BCUT2D eigenvalue weighted by Gasteiger charge is -2.27. The summed E-state index contributed by atoms with van der Waals surface area (Å²) < 4.78 is 0. The van der Waals surface area contributed by atoms with Crippen LogP contribution in [0.2, 0.25) is 0 Å². The van der Waals surface area contributed by atoms with Crippen LogP contribution in [0.15, 0.2) is 24.5 Å². The van der Waals surface area contributed by atoms with Gasteiger partial charge in [-0.1, -0.05) is 19.9 Å². The summed E-state index contributed by atoms with van der Waals surface area (Å²) in [6, 6.07) is 3.73. The zero-order valence-corrected chi connectivity index (χ0v) is 9.81.